The van der Waals surface area contributed by atoms with Gasteiger partial charge in [-0.2, -0.15) is 4.31 Å². The lowest BCUT2D eigenvalue weighted by Gasteiger charge is -2.26. The minimum Gasteiger partial charge on any atom is -0.497 e. The second-order valence-electron chi connectivity index (χ2n) is 8.34. The molecule has 176 valence electrons. The van der Waals surface area contributed by atoms with Crippen LogP contribution in [-0.2, 0) is 10.0 Å². The van der Waals surface area contributed by atoms with Crippen molar-refractivity contribution in [2.24, 2.45) is 0 Å². The van der Waals surface area contributed by atoms with E-state index in [4.69, 9.17) is 9.72 Å². The summed E-state index contributed by atoms with van der Waals surface area (Å²) in [5.74, 6) is 0.973. The number of aromatic nitrogens is 2. The minimum absolute atomic E-state index is 0.183. The highest BCUT2D eigenvalue weighted by atomic mass is 32.2. The van der Waals surface area contributed by atoms with Gasteiger partial charge in [0, 0.05) is 7.05 Å². The quantitative estimate of drug-likeness (QED) is 0.411. The van der Waals surface area contributed by atoms with Gasteiger partial charge in [0.25, 0.3) is 5.56 Å². The Morgan fingerprint density at radius 1 is 0.941 bits per heavy atom. The third-order valence-corrected chi connectivity index (χ3v) is 7.94. The summed E-state index contributed by atoms with van der Waals surface area (Å²) in [5.41, 5.74) is 2.76. The molecule has 0 aliphatic rings. The van der Waals surface area contributed by atoms with Gasteiger partial charge in [0.2, 0.25) is 10.0 Å². The molecule has 1 heterocycles. The van der Waals surface area contributed by atoms with Crippen molar-refractivity contribution < 1.29 is 13.2 Å². The molecule has 0 N–H and O–H groups in total. The van der Waals surface area contributed by atoms with Crippen LogP contribution in [0.4, 0.5) is 0 Å². The first kappa shape index (κ1) is 23.7. The Balaban J connectivity index is 1.92. The summed E-state index contributed by atoms with van der Waals surface area (Å²) >= 11 is 0. The highest BCUT2D eigenvalue weighted by molar-refractivity contribution is 7.89. The van der Waals surface area contributed by atoms with Gasteiger partial charge in [-0.05, 0) is 74.9 Å². The van der Waals surface area contributed by atoms with Crippen molar-refractivity contribution >= 4 is 20.9 Å². The van der Waals surface area contributed by atoms with Gasteiger partial charge in [-0.3, -0.25) is 9.36 Å². The smallest absolute Gasteiger partial charge is 0.266 e. The number of hydrogen-bond acceptors (Lipinski definition) is 5. The molecular formula is C26H27N3O4S. The minimum atomic E-state index is -3.83. The zero-order valence-electron chi connectivity index (χ0n) is 19.8. The standard InChI is InChI=1S/C26H27N3O4S/c1-17-6-13-22(14-7-17)34(31,32)28(4)19(3)25-27-24-16-18(2)8-15-23(24)26(30)29(25)20-9-11-21(33-5)12-10-20/h6-16,19H,1-5H3. The molecule has 0 saturated carbocycles. The van der Waals surface area contributed by atoms with Crippen LogP contribution in [0.25, 0.3) is 16.6 Å². The summed E-state index contributed by atoms with van der Waals surface area (Å²) in [6.07, 6.45) is 0. The molecule has 34 heavy (non-hydrogen) atoms. The summed E-state index contributed by atoms with van der Waals surface area (Å²) in [6, 6.07) is 18.4. The number of nitrogens with zero attached hydrogens (tertiary/aromatic N) is 3. The third kappa shape index (κ3) is 4.22. The molecule has 1 atom stereocenters. The fraction of sp³-hybridized carbons (Fsp3) is 0.231. The zero-order chi connectivity index (χ0) is 24.6. The number of sulfonamides is 1. The van der Waals surface area contributed by atoms with E-state index in [-0.39, 0.29) is 10.5 Å². The van der Waals surface area contributed by atoms with Crippen molar-refractivity contribution in [3.63, 3.8) is 0 Å². The maximum atomic E-state index is 13.6. The first-order valence-corrected chi connectivity index (χ1v) is 12.3. The summed E-state index contributed by atoms with van der Waals surface area (Å²) in [5, 5.41) is 0.460. The summed E-state index contributed by atoms with van der Waals surface area (Å²) < 4.78 is 34.7. The third-order valence-electron chi connectivity index (χ3n) is 6.00. The first-order chi connectivity index (χ1) is 16.1. The molecule has 1 aromatic heterocycles. The second kappa shape index (κ2) is 9.04. The van der Waals surface area contributed by atoms with E-state index in [1.54, 1.807) is 68.6 Å². The van der Waals surface area contributed by atoms with Gasteiger partial charge < -0.3 is 4.74 Å². The van der Waals surface area contributed by atoms with Crippen LogP contribution in [-0.4, -0.2) is 36.4 Å². The van der Waals surface area contributed by atoms with Crippen LogP contribution in [0.15, 0.2) is 76.4 Å². The van der Waals surface area contributed by atoms with Crippen LogP contribution in [0.3, 0.4) is 0 Å². The van der Waals surface area contributed by atoms with E-state index in [2.05, 4.69) is 0 Å². The van der Waals surface area contributed by atoms with E-state index >= 15 is 0 Å². The molecule has 3 aromatic carbocycles. The van der Waals surface area contributed by atoms with Gasteiger partial charge >= 0.3 is 0 Å². The van der Waals surface area contributed by atoms with E-state index < -0.39 is 16.1 Å². The predicted octanol–water partition coefficient (Wildman–Crippen LogP) is 4.39. The molecule has 0 spiro atoms. The lowest BCUT2D eigenvalue weighted by atomic mass is 10.1. The van der Waals surface area contributed by atoms with E-state index in [1.165, 1.54) is 15.9 Å². The molecule has 8 heteroatoms. The van der Waals surface area contributed by atoms with E-state index in [0.717, 1.165) is 11.1 Å². The Bertz CT molecular complexity index is 1510. The molecular weight excluding hydrogens is 450 g/mol. The fourth-order valence-corrected chi connectivity index (χ4v) is 5.14. The average molecular weight is 478 g/mol. The first-order valence-electron chi connectivity index (χ1n) is 10.9. The zero-order valence-corrected chi connectivity index (χ0v) is 20.6. The number of rotatable bonds is 6. The highest BCUT2D eigenvalue weighted by Gasteiger charge is 2.30. The maximum absolute atomic E-state index is 13.6. The fourth-order valence-electron chi connectivity index (χ4n) is 3.82. The molecule has 0 aliphatic carbocycles. The summed E-state index contributed by atoms with van der Waals surface area (Å²) in [7, 11) is -0.755. The maximum Gasteiger partial charge on any atom is 0.266 e. The molecule has 7 nitrogen and oxygen atoms in total. The number of fused-ring (bicyclic) bond motifs is 1. The van der Waals surface area contributed by atoms with Gasteiger partial charge in [0.05, 0.1) is 34.6 Å². The van der Waals surface area contributed by atoms with Crippen molar-refractivity contribution in [3.05, 3.63) is 94.0 Å². The molecule has 4 rings (SSSR count). The Labute approximate surface area is 199 Å². The Morgan fingerprint density at radius 2 is 1.56 bits per heavy atom. The SMILES string of the molecule is COc1ccc(-n2c(C(C)N(C)S(=O)(=O)c3ccc(C)cc3)nc3cc(C)ccc3c2=O)cc1. The van der Waals surface area contributed by atoms with Gasteiger partial charge in [0.15, 0.2) is 0 Å². The van der Waals surface area contributed by atoms with Crippen LogP contribution < -0.4 is 10.3 Å². The average Bonchev–Trinajstić information content (AvgIpc) is 2.83. The van der Waals surface area contributed by atoms with E-state index in [0.29, 0.717) is 28.2 Å². The van der Waals surface area contributed by atoms with E-state index in [1.807, 2.05) is 26.0 Å². The van der Waals surface area contributed by atoms with Crippen molar-refractivity contribution in [3.8, 4) is 11.4 Å². The lowest BCUT2D eigenvalue weighted by Crippen LogP contribution is -2.35. The van der Waals surface area contributed by atoms with Gasteiger partial charge in [-0.25, -0.2) is 13.4 Å². The van der Waals surface area contributed by atoms with Crippen molar-refractivity contribution in [2.45, 2.75) is 31.7 Å². The van der Waals surface area contributed by atoms with Gasteiger partial charge in [-0.15, -0.1) is 0 Å². The summed E-state index contributed by atoms with van der Waals surface area (Å²) in [6.45, 7) is 5.56. The molecule has 0 radical (unpaired) electrons. The molecule has 0 saturated heterocycles. The summed E-state index contributed by atoms with van der Waals surface area (Å²) in [4.78, 5) is 18.6. The number of benzene rings is 3. The Kier molecular flexibility index (Phi) is 6.29. The van der Waals surface area contributed by atoms with Crippen LogP contribution in [0.1, 0.15) is 29.9 Å². The lowest BCUT2D eigenvalue weighted by molar-refractivity contribution is 0.379. The molecule has 1 unspecified atom stereocenters. The normalized spacial score (nSPS) is 12.8. The Morgan fingerprint density at radius 3 is 2.18 bits per heavy atom. The van der Waals surface area contributed by atoms with Crippen molar-refractivity contribution in [1.29, 1.82) is 0 Å². The number of ether oxygens (including phenoxy) is 1. The molecule has 0 aliphatic heterocycles. The monoisotopic (exact) mass is 477 g/mol. The Hall–Kier alpha value is -3.49. The predicted molar refractivity (Wildman–Crippen MR) is 133 cm³/mol. The van der Waals surface area contributed by atoms with Gasteiger partial charge in [0.1, 0.15) is 11.6 Å². The number of hydrogen-bond donors (Lipinski definition) is 0. The van der Waals surface area contributed by atoms with Crippen LogP contribution in [0, 0.1) is 13.8 Å². The topological polar surface area (TPSA) is 81.5 Å². The number of aryl methyl sites for hydroxylation is 2. The van der Waals surface area contributed by atoms with Crippen LogP contribution >= 0.6 is 0 Å². The van der Waals surface area contributed by atoms with Crippen LogP contribution in [0.2, 0.25) is 0 Å². The van der Waals surface area contributed by atoms with Crippen LogP contribution in [0.5, 0.6) is 5.75 Å². The number of methoxy groups -OCH3 is 1. The molecule has 0 bridgehead atoms. The van der Waals surface area contributed by atoms with Gasteiger partial charge in [-0.1, -0.05) is 23.8 Å². The highest BCUT2D eigenvalue weighted by Crippen LogP contribution is 2.27. The van der Waals surface area contributed by atoms with Crippen molar-refractivity contribution in [2.75, 3.05) is 14.2 Å². The largest absolute Gasteiger partial charge is 0.497 e. The second-order valence-corrected chi connectivity index (χ2v) is 10.3. The van der Waals surface area contributed by atoms with Crippen molar-refractivity contribution in [1.82, 2.24) is 13.9 Å². The molecule has 0 amide bonds. The van der Waals surface area contributed by atoms with E-state index in [9.17, 15) is 13.2 Å². The molecule has 4 aromatic rings. The molecule has 0 fully saturated rings.